The third-order valence-electron chi connectivity index (χ3n) is 4.59. The van der Waals surface area contributed by atoms with Crippen LogP contribution in [-0.4, -0.2) is 57.1 Å². The number of anilines is 1. The maximum absolute atomic E-state index is 12.4. The van der Waals surface area contributed by atoms with E-state index in [1.54, 1.807) is 0 Å². The summed E-state index contributed by atoms with van der Waals surface area (Å²) in [6.07, 6.45) is 4.31. The highest BCUT2D eigenvalue weighted by Gasteiger charge is 2.34. The van der Waals surface area contributed by atoms with Crippen molar-refractivity contribution >= 4 is 21.6 Å². The summed E-state index contributed by atoms with van der Waals surface area (Å²) in [5, 5.41) is 2.91. The van der Waals surface area contributed by atoms with E-state index >= 15 is 0 Å². The van der Waals surface area contributed by atoms with Crippen LogP contribution in [0.2, 0.25) is 0 Å². The van der Waals surface area contributed by atoms with Crippen LogP contribution in [0.1, 0.15) is 32.6 Å². The average molecular weight is 368 g/mol. The van der Waals surface area contributed by atoms with Gasteiger partial charge in [-0.3, -0.25) is 4.79 Å². The Hall–Kier alpha value is -1.60. The number of hydrogen-bond acceptors (Lipinski definition) is 4. The topological polar surface area (TPSA) is 69.7 Å². The molecule has 0 spiro atoms. The quantitative estimate of drug-likeness (QED) is 0.712. The Morgan fingerprint density at radius 1 is 1.28 bits per heavy atom. The molecule has 25 heavy (non-hydrogen) atoms. The third kappa shape index (κ3) is 5.71. The number of nitrogens with one attached hydrogen (secondary N) is 1. The lowest BCUT2D eigenvalue weighted by atomic mass is 10.0. The molecule has 1 aliphatic rings. The fourth-order valence-electron chi connectivity index (χ4n) is 3.27. The van der Waals surface area contributed by atoms with Crippen molar-refractivity contribution in [2.75, 3.05) is 37.3 Å². The van der Waals surface area contributed by atoms with E-state index in [1.807, 2.05) is 18.2 Å². The summed E-state index contributed by atoms with van der Waals surface area (Å²) in [6, 6.07) is 9.63. The second-order valence-corrected chi connectivity index (χ2v) is 8.38. The van der Waals surface area contributed by atoms with E-state index in [0.29, 0.717) is 19.5 Å². The van der Waals surface area contributed by atoms with Crippen LogP contribution in [0.5, 0.6) is 0 Å². The molecule has 1 aliphatic heterocycles. The molecule has 6 nitrogen and oxygen atoms in total. The molecular weight excluding hydrogens is 338 g/mol. The lowest BCUT2D eigenvalue weighted by molar-refractivity contribution is -0.125. The lowest BCUT2D eigenvalue weighted by Crippen LogP contribution is -2.51. The van der Waals surface area contributed by atoms with Gasteiger partial charge >= 0.3 is 0 Å². The normalized spacial score (nSPS) is 18.7. The summed E-state index contributed by atoms with van der Waals surface area (Å²) in [4.78, 5) is 14.7. The first-order chi connectivity index (χ1) is 11.9. The molecule has 1 aromatic rings. The van der Waals surface area contributed by atoms with Gasteiger partial charge < -0.3 is 10.2 Å². The van der Waals surface area contributed by atoms with Crippen LogP contribution in [0.25, 0.3) is 0 Å². The number of amides is 1. The Balaban J connectivity index is 1.81. The van der Waals surface area contributed by atoms with Crippen molar-refractivity contribution in [3.05, 3.63) is 30.3 Å². The molecule has 1 fully saturated rings. The SMILES string of the molecule is CCN(CCCNC(=O)C1CCCCN1S(C)(=O)=O)c1ccccc1. The van der Waals surface area contributed by atoms with Crippen molar-refractivity contribution in [3.63, 3.8) is 0 Å². The van der Waals surface area contributed by atoms with Crippen LogP contribution < -0.4 is 10.2 Å². The molecule has 2 rings (SSSR count). The summed E-state index contributed by atoms with van der Waals surface area (Å²) in [5.74, 6) is -0.173. The molecule has 1 aromatic carbocycles. The van der Waals surface area contributed by atoms with Crippen LogP contribution in [0.4, 0.5) is 5.69 Å². The van der Waals surface area contributed by atoms with Gasteiger partial charge in [-0.15, -0.1) is 0 Å². The summed E-state index contributed by atoms with van der Waals surface area (Å²) < 4.78 is 25.1. The zero-order chi connectivity index (χ0) is 18.3. The van der Waals surface area contributed by atoms with E-state index in [0.717, 1.165) is 32.4 Å². The molecule has 0 aliphatic carbocycles. The number of rotatable bonds is 8. The van der Waals surface area contributed by atoms with Crippen molar-refractivity contribution in [1.29, 1.82) is 0 Å². The Morgan fingerprint density at radius 2 is 2.00 bits per heavy atom. The van der Waals surface area contributed by atoms with Crippen LogP contribution in [0.15, 0.2) is 30.3 Å². The average Bonchev–Trinajstić information content (AvgIpc) is 2.61. The van der Waals surface area contributed by atoms with Crippen LogP contribution >= 0.6 is 0 Å². The van der Waals surface area contributed by atoms with E-state index in [9.17, 15) is 13.2 Å². The smallest absolute Gasteiger partial charge is 0.238 e. The van der Waals surface area contributed by atoms with Gasteiger partial charge in [0.25, 0.3) is 0 Å². The number of hydrogen-bond donors (Lipinski definition) is 1. The predicted molar refractivity (Wildman–Crippen MR) is 101 cm³/mol. The first kappa shape index (κ1) is 19.7. The molecule has 1 atom stereocenters. The van der Waals surface area contributed by atoms with Gasteiger partial charge in [0.1, 0.15) is 6.04 Å². The van der Waals surface area contributed by atoms with Crippen molar-refractivity contribution in [3.8, 4) is 0 Å². The van der Waals surface area contributed by atoms with Crippen molar-refractivity contribution in [2.24, 2.45) is 0 Å². The molecule has 1 amide bonds. The molecule has 0 radical (unpaired) electrons. The lowest BCUT2D eigenvalue weighted by Gasteiger charge is -2.32. The molecule has 0 bridgehead atoms. The Kier molecular flexibility index (Phi) is 7.25. The zero-order valence-electron chi connectivity index (χ0n) is 15.1. The van der Waals surface area contributed by atoms with Crippen LogP contribution in [-0.2, 0) is 14.8 Å². The standard InChI is InChI=1S/C18H29N3O3S/c1-3-20(16-10-5-4-6-11-16)14-9-13-19-18(22)17-12-7-8-15-21(17)25(2,23)24/h4-6,10-11,17H,3,7-9,12-15H2,1-2H3,(H,19,22). The van der Waals surface area contributed by atoms with E-state index in [-0.39, 0.29) is 5.91 Å². The summed E-state index contributed by atoms with van der Waals surface area (Å²) in [5.41, 5.74) is 1.17. The Bertz CT molecular complexity index is 649. The van der Waals surface area contributed by atoms with Gasteiger partial charge in [0.05, 0.1) is 6.26 Å². The zero-order valence-corrected chi connectivity index (χ0v) is 16.0. The molecule has 140 valence electrons. The van der Waals surface area contributed by atoms with Crippen LogP contribution in [0, 0.1) is 0 Å². The Morgan fingerprint density at radius 3 is 2.64 bits per heavy atom. The van der Waals surface area contributed by atoms with Gasteiger partial charge in [0, 0.05) is 31.9 Å². The first-order valence-electron chi connectivity index (χ1n) is 8.98. The molecule has 1 unspecified atom stereocenters. The molecule has 0 saturated carbocycles. The number of nitrogens with zero attached hydrogens (tertiary/aromatic N) is 2. The van der Waals surface area contributed by atoms with Gasteiger partial charge in [-0.1, -0.05) is 24.6 Å². The minimum atomic E-state index is -3.34. The molecule has 1 saturated heterocycles. The number of carbonyl (C=O) groups is 1. The van der Waals surface area contributed by atoms with E-state index < -0.39 is 16.1 Å². The summed E-state index contributed by atoms with van der Waals surface area (Å²) >= 11 is 0. The number of piperidine rings is 1. The highest BCUT2D eigenvalue weighted by molar-refractivity contribution is 7.88. The highest BCUT2D eigenvalue weighted by Crippen LogP contribution is 2.20. The molecule has 1 N–H and O–H groups in total. The van der Waals surface area contributed by atoms with Gasteiger partial charge in [0.2, 0.25) is 15.9 Å². The van der Waals surface area contributed by atoms with Crippen molar-refractivity contribution in [2.45, 2.75) is 38.6 Å². The molecule has 1 heterocycles. The first-order valence-corrected chi connectivity index (χ1v) is 10.8. The van der Waals surface area contributed by atoms with Crippen molar-refractivity contribution in [1.82, 2.24) is 9.62 Å². The minimum absolute atomic E-state index is 0.173. The van der Waals surface area contributed by atoms with Gasteiger partial charge in [-0.25, -0.2) is 8.42 Å². The predicted octanol–water partition coefficient (Wildman–Crippen LogP) is 1.83. The number of sulfonamides is 1. The fourth-order valence-corrected chi connectivity index (χ4v) is 4.40. The molecule has 7 heteroatoms. The molecule has 0 aromatic heterocycles. The summed E-state index contributed by atoms with van der Waals surface area (Å²) in [6.45, 7) is 4.85. The number of para-hydroxylation sites is 1. The number of carbonyl (C=O) groups excluding carboxylic acids is 1. The second-order valence-electron chi connectivity index (χ2n) is 6.45. The Labute approximate surface area is 151 Å². The van der Waals surface area contributed by atoms with E-state index in [1.165, 1.54) is 16.2 Å². The van der Waals surface area contributed by atoms with Gasteiger partial charge in [-0.05, 0) is 38.3 Å². The van der Waals surface area contributed by atoms with Crippen LogP contribution in [0.3, 0.4) is 0 Å². The van der Waals surface area contributed by atoms with Crippen molar-refractivity contribution < 1.29 is 13.2 Å². The fraction of sp³-hybridized carbons (Fsp3) is 0.611. The van der Waals surface area contributed by atoms with E-state index in [2.05, 4.69) is 29.3 Å². The van der Waals surface area contributed by atoms with Gasteiger partial charge in [0.15, 0.2) is 0 Å². The van der Waals surface area contributed by atoms with E-state index in [4.69, 9.17) is 0 Å². The maximum atomic E-state index is 12.4. The molecular formula is C18H29N3O3S. The minimum Gasteiger partial charge on any atom is -0.372 e. The second kappa shape index (κ2) is 9.20. The highest BCUT2D eigenvalue weighted by atomic mass is 32.2. The maximum Gasteiger partial charge on any atom is 0.238 e. The number of benzene rings is 1. The summed E-state index contributed by atoms with van der Waals surface area (Å²) in [7, 11) is -3.34. The monoisotopic (exact) mass is 367 g/mol. The van der Waals surface area contributed by atoms with Gasteiger partial charge in [-0.2, -0.15) is 4.31 Å². The third-order valence-corrected chi connectivity index (χ3v) is 5.88. The largest absolute Gasteiger partial charge is 0.372 e.